The molecule has 17 heteroatoms. The average molecular weight is 728 g/mol. The number of likely N-dealkylation sites (tertiary alicyclic amines) is 1. The van der Waals surface area contributed by atoms with E-state index in [0.717, 1.165) is 0 Å². The first-order valence-electron chi connectivity index (χ1n) is 16.3. The van der Waals surface area contributed by atoms with E-state index in [0.29, 0.717) is 28.3 Å². The predicted molar refractivity (Wildman–Crippen MR) is 182 cm³/mol. The van der Waals surface area contributed by atoms with E-state index in [2.05, 4.69) is 20.6 Å². The molecule has 4 heterocycles. The first-order chi connectivity index (χ1) is 24.4. The van der Waals surface area contributed by atoms with Crippen molar-refractivity contribution in [2.24, 2.45) is 0 Å². The number of nitrogens with zero attached hydrogens (tertiary/aromatic N) is 7. The number of amides is 1. The Morgan fingerprint density at radius 3 is 2.06 bits per heavy atom. The van der Waals surface area contributed by atoms with Gasteiger partial charge >= 0.3 is 11.9 Å². The number of benzene rings is 2. The van der Waals surface area contributed by atoms with Crippen LogP contribution in [0.4, 0.5) is 8.78 Å². The summed E-state index contributed by atoms with van der Waals surface area (Å²) in [5.41, 5.74) is 1.75. The van der Waals surface area contributed by atoms with Crippen molar-refractivity contribution in [1.29, 1.82) is 0 Å². The van der Waals surface area contributed by atoms with E-state index in [1.54, 1.807) is 41.6 Å². The van der Waals surface area contributed by atoms with Crippen LogP contribution in [0.2, 0.25) is 0 Å². The topological polar surface area (TPSA) is 164 Å². The molecule has 2 aromatic carbocycles. The van der Waals surface area contributed by atoms with Crippen LogP contribution < -0.4 is 0 Å². The first-order valence-corrected chi connectivity index (χ1v) is 18.0. The summed E-state index contributed by atoms with van der Waals surface area (Å²) in [5, 5.41) is 28.0. The molecule has 6 rings (SSSR count). The monoisotopic (exact) mass is 727 g/mol. The van der Waals surface area contributed by atoms with Crippen LogP contribution >= 0.6 is 10.9 Å². The van der Waals surface area contributed by atoms with E-state index < -0.39 is 75.4 Å². The fourth-order valence-corrected chi connectivity index (χ4v) is 10.6. The van der Waals surface area contributed by atoms with Crippen LogP contribution in [0, 0.1) is 11.6 Å². The van der Waals surface area contributed by atoms with Gasteiger partial charge in [0.2, 0.25) is 5.91 Å². The zero-order chi connectivity index (χ0) is 36.4. The minimum atomic E-state index is -1.45. The van der Waals surface area contributed by atoms with Crippen LogP contribution in [-0.2, 0) is 28.6 Å². The molecule has 2 aromatic heterocycles. The van der Waals surface area contributed by atoms with Crippen LogP contribution in [0.5, 0.6) is 0 Å². The van der Waals surface area contributed by atoms with Gasteiger partial charge in [-0.3, -0.25) is 14.4 Å². The van der Waals surface area contributed by atoms with Crippen molar-refractivity contribution in [1.82, 2.24) is 34.9 Å². The van der Waals surface area contributed by atoms with Crippen molar-refractivity contribution < 1.29 is 42.5 Å². The van der Waals surface area contributed by atoms with Crippen LogP contribution in [0.15, 0.2) is 60.9 Å². The fraction of sp³-hybridized carbons (Fsp3) is 0.441. The van der Waals surface area contributed by atoms with Gasteiger partial charge in [0.05, 0.1) is 35.9 Å². The molecule has 0 radical (unpaired) electrons. The van der Waals surface area contributed by atoms with Gasteiger partial charge < -0.3 is 24.2 Å². The Kier molecular flexibility index (Phi) is 10.8. The van der Waals surface area contributed by atoms with Crippen molar-refractivity contribution in [2.75, 3.05) is 32.6 Å². The summed E-state index contributed by atoms with van der Waals surface area (Å²) in [6.45, 7) is 4.12. The molecule has 272 valence electrons. The number of rotatable bonds is 9. The number of piperidine rings is 1. The maximum Gasteiger partial charge on any atom is 0.303 e. The number of hydrogen-bond acceptors (Lipinski definition) is 11. The number of carbonyl (C=O) groups excluding carboxylic acids is 3. The molecule has 0 spiro atoms. The zero-order valence-electron chi connectivity index (χ0n) is 28.4. The molecule has 0 saturated carbocycles. The Labute approximate surface area is 295 Å². The van der Waals surface area contributed by atoms with E-state index in [9.17, 15) is 28.3 Å². The third-order valence-electron chi connectivity index (χ3n) is 9.36. The SMILES string of the molecule is CO[C@H]1C[SH]([C@H]2CN(C(C)=O)C[C@H](n3cc(-c4cccc(F)c4)nn3)[C@@H]2O)[C@H](COC(C)=O)[C@H](OC(C)=O)[C@H]1n1cc(-c2cccc(F)c2)nn1. The predicted octanol–water partition coefficient (Wildman–Crippen LogP) is 2.75. The fourth-order valence-electron chi connectivity index (χ4n) is 6.95. The van der Waals surface area contributed by atoms with Gasteiger partial charge in [-0.2, -0.15) is 0 Å². The molecule has 1 amide bonds. The van der Waals surface area contributed by atoms with Crippen LogP contribution in [0.25, 0.3) is 22.5 Å². The molecule has 2 saturated heterocycles. The van der Waals surface area contributed by atoms with E-state index in [-0.39, 0.29) is 25.6 Å². The summed E-state index contributed by atoms with van der Waals surface area (Å²) >= 11 is 0. The standard InChI is InChI=1S/C34H39F2N7O7S/c1-19(44)41-15-28(42-13-26(37-39-42)22-7-5-9-24(35)11-22)33(47)30(16-41)51-18-29(48-4)32(34(50-21(3)46)31(51)17-49-20(2)45)43-14-27(38-40-43)23-8-6-10-25(36)12-23/h5-14,28-34,47,51H,15-18H2,1-4H3/t28-,29-,30-,31+,32-,33-,34-/m0/s1. The van der Waals surface area contributed by atoms with Gasteiger partial charge in [-0.05, 0) is 24.3 Å². The number of methoxy groups -OCH3 is 1. The summed E-state index contributed by atoms with van der Waals surface area (Å²) < 4.78 is 48.7. The summed E-state index contributed by atoms with van der Waals surface area (Å²) in [5.74, 6) is -1.93. The van der Waals surface area contributed by atoms with Crippen molar-refractivity contribution in [3.63, 3.8) is 0 Å². The third kappa shape index (κ3) is 7.79. The summed E-state index contributed by atoms with van der Waals surface area (Å²) in [6.07, 6.45) is 0.525. The van der Waals surface area contributed by atoms with Gasteiger partial charge in [-0.1, -0.05) is 34.7 Å². The smallest absolute Gasteiger partial charge is 0.303 e. The molecule has 51 heavy (non-hydrogen) atoms. The largest absolute Gasteiger partial charge is 0.465 e. The summed E-state index contributed by atoms with van der Waals surface area (Å²) in [7, 11) is 0.0601. The van der Waals surface area contributed by atoms with E-state index in [1.807, 2.05) is 0 Å². The Morgan fingerprint density at radius 1 is 0.902 bits per heavy atom. The highest BCUT2D eigenvalue weighted by Crippen LogP contribution is 2.52. The van der Waals surface area contributed by atoms with Gasteiger partial charge in [0.25, 0.3) is 0 Å². The normalized spacial score (nSPS) is 27.2. The molecule has 2 aliphatic rings. The molecule has 1 N–H and O–H groups in total. The van der Waals surface area contributed by atoms with Gasteiger partial charge in [0.1, 0.15) is 41.8 Å². The second kappa shape index (κ2) is 15.2. The number of ether oxygens (including phenoxy) is 3. The van der Waals surface area contributed by atoms with Gasteiger partial charge in [-0.25, -0.2) is 29.0 Å². The van der Waals surface area contributed by atoms with Crippen molar-refractivity contribution in [3.8, 4) is 22.5 Å². The van der Waals surface area contributed by atoms with Gasteiger partial charge in [0.15, 0.2) is 0 Å². The van der Waals surface area contributed by atoms with E-state index >= 15 is 0 Å². The Morgan fingerprint density at radius 2 is 1.51 bits per heavy atom. The molecule has 2 aliphatic heterocycles. The summed E-state index contributed by atoms with van der Waals surface area (Å²) in [6, 6.07) is 10.3. The lowest BCUT2D eigenvalue weighted by Gasteiger charge is -2.53. The number of hydrogen-bond donors (Lipinski definition) is 2. The molecule has 4 aromatic rings. The van der Waals surface area contributed by atoms with Crippen LogP contribution in [0.1, 0.15) is 32.9 Å². The van der Waals surface area contributed by atoms with Crippen LogP contribution in [0.3, 0.4) is 0 Å². The zero-order valence-corrected chi connectivity index (χ0v) is 29.3. The number of aromatic nitrogens is 6. The summed E-state index contributed by atoms with van der Waals surface area (Å²) in [4.78, 5) is 39.5. The molecule has 0 aliphatic carbocycles. The number of carbonyl (C=O) groups is 3. The van der Waals surface area contributed by atoms with Gasteiger partial charge in [-0.15, -0.1) is 10.2 Å². The second-order valence-electron chi connectivity index (χ2n) is 12.6. The maximum atomic E-state index is 14.1. The van der Waals surface area contributed by atoms with E-state index in [4.69, 9.17) is 14.2 Å². The lowest BCUT2D eigenvalue weighted by Crippen LogP contribution is -2.60. The molecule has 1 unspecified atom stereocenters. The quantitative estimate of drug-likeness (QED) is 0.193. The number of halogens is 2. The first kappa shape index (κ1) is 36.1. The van der Waals surface area contributed by atoms with Crippen molar-refractivity contribution >= 4 is 28.7 Å². The van der Waals surface area contributed by atoms with Gasteiger partial charge in [0, 0.05) is 63.1 Å². The highest BCUT2D eigenvalue weighted by atomic mass is 32.2. The Hall–Kier alpha value is -4.74. The molecule has 14 nitrogen and oxygen atoms in total. The molecular formula is C34H39F2N7O7S. The molecular weight excluding hydrogens is 688 g/mol. The highest BCUT2D eigenvalue weighted by Gasteiger charge is 2.53. The third-order valence-corrected chi connectivity index (χ3v) is 12.8. The highest BCUT2D eigenvalue weighted by molar-refractivity contribution is 8.18. The minimum absolute atomic E-state index is 0.127. The van der Waals surface area contributed by atoms with Crippen molar-refractivity contribution in [3.05, 3.63) is 72.6 Å². The number of thiol groups is 1. The lowest BCUT2D eigenvalue weighted by atomic mass is 10.0. The number of esters is 2. The van der Waals surface area contributed by atoms with Crippen molar-refractivity contribution in [2.45, 2.75) is 61.7 Å². The lowest BCUT2D eigenvalue weighted by molar-refractivity contribution is -0.154. The molecule has 2 fully saturated rings. The maximum absolute atomic E-state index is 14.1. The molecule has 8 atom stereocenters. The molecule has 0 bridgehead atoms. The average Bonchev–Trinajstić information content (AvgIpc) is 3.78. The van der Waals surface area contributed by atoms with Crippen LogP contribution in [-0.4, -0.2) is 119 Å². The number of aliphatic hydroxyl groups is 1. The Balaban J connectivity index is 1.38. The van der Waals surface area contributed by atoms with E-state index in [1.165, 1.54) is 61.5 Å². The number of aliphatic hydroxyl groups excluding tert-OH is 1. The minimum Gasteiger partial charge on any atom is -0.465 e. The Bertz CT molecular complexity index is 1890. The second-order valence-corrected chi connectivity index (χ2v) is 15.4.